The SMILES string of the molecule is O=S1(=O)CCC(Nc2cncnc2)CC1. The molecule has 2 heterocycles. The van der Waals surface area contributed by atoms with Crippen LogP contribution < -0.4 is 5.32 Å². The molecule has 1 aliphatic heterocycles. The highest BCUT2D eigenvalue weighted by Gasteiger charge is 2.23. The summed E-state index contributed by atoms with van der Waals surface area (Å²) in [5.41, 5.74) is 0.849. The molecule has 0 bridgehead atoms. The lowest BCUT2D eigenvalue weighted by Gasteiger charge is -2.23. The highest BCUT2D eigenvalue weighted by atomic mass is 32.2. The van der Waals surface area contributed by atoms with E-state index in [1.165, 1.54) is 6.33 Å². The Balaban J connectivity index is 1.93. The third kappa shape index (κ3) is 2.89. The van der Waals surface area contributed by atoms with Crippen molar-refractivity contribution < 1.29 is 8.42 Å². The van der Waals surface area contributed by atoms with E-state index < -0.39 is 9.84 Å². The zero-order chi connectivity index (χ0) is 10.7. The van der Waals surface area contributed by atoms with Crippen molar-refractivity contribution in [2.75, 3.05) is 16.8 Å². The largest absolute Gasteiger partial charge is 0.380 e. The molecule has 0 spiro atoms. The van der Waals surface area contributed by atoms with E-state index in [0.29, 0.717) is 12.8 Å². The number of nitrogens with one attached hydrogen (secondary N) is 1. The summed E-state index contributed by atoms with van der Waals surface area (Å²) in [6.45, 7) is 0. The highest BCUT2D eigenvalue weighted by Crippen LogP contribution is 2.16. The molecule has 0 saturated carbocycles. The number of aromatic nitrogens is 2. The molecule has 0 radical (unpaired) electrons. The van der Waals surface area contributed by atoms with Gasteiger partial charge in [-0.25, -0.2) is 18.4 Å². The van der Waals surface area contributed by atoms with Gasteiger partial charge in [0, 0.05) is 6.04 Å². The summed E-state index contributed by atoms with van der Waals surface area (Å²) in [4.78, 5) is 7.77. The minimum absolute atomic E-state index is 0.222. The maximum Gasteiger partial charge on any atom is 0.150 e. The Labute approximate surface area is 88.9 Å². The summed E-state index contributed by atoms with van der Waals surface area (Å²) in [7, 11) is -2.78. The summed E-state index contributed by atoms with van der Waals surface area (Å²) < 4.78 is 22.4. The first kappa shape index (κ1) is 10.4. The molecular weight excluding hydrogens is 214 g/mol. The lowest BCUT2D eigenvalue weighted by atomic mass is 10.1. The zero-order valence-corrected chi connectivity index (χ0v) is 9.07. The fraction of sp³-hybridized carbons (Fsp3) is 0.556. The molecule has 0 aromatic carbocycles. The predicted octanol–water partition coefficient (Wildman–Crippen LogP) is 0.466. The molecule has 5 nitrogen and oxygen atoms in total. The van der Waals surface area contributed by atoms with Gasteiger partial charge in [0.25, 0.3) is 0 Å². The van der Waals surface area contributed by atoms with Crippen LogP contribution in [0.25, 0.3) is 0 Å². The quantitative estimate of drug-likeness (QED) is 0.795. The molecule has 15 heavy (non-hydrogen) atoms. The van der Waals surface area contributed by atoms with E-state index in [-0.39, 0.29) is 17.5 Å². The van der Waals surface area contributed by atoms with Gasteiger partial charge in [-0.3, -0.25) is 0 Å². The molecule has 0 unspecified atom stereocenters. The van der Waals surface area contributed by atoms with Crippen LogP contribution in [0.4, 0.5) is 5.69 Å². The van der Waals surface area contributed by atoms with Crippen LogP contribution in [0.15, 0.2) is 18.7 Å². The van der Waals surface area contributed by atoms with Gasteiger partial charge in [0.2, 0.25) is 0 Å². The maximum absolute atomic E-state index is 11.2. The standard InChI is InChI=1S/C9H13N3O2S/c13-15(14)3-1-8(2-4-15)12-9-5-10-7-11-6-9/h5-8,12H,1-4H2. The average Bonchev–Trinajstić information content (AvgIpc) is 2.23. The Hall–Kier alpha value is -1.17. The molecule has 1 aromatic heterocycles. The van der Waals surface area contributed by atoms with Gasteiger partial charge in [-0.15, -0.1) is 0 Å². The second kappa shape index (κ2) is 4.14. The molecule has 0 atom stereocenters. The van der Waals surface area contributed by atoms with Gasteiger partial charge in [-0.2, -0.15) is 0 Å². The minimum Gasteiger partial charge on any atom is -0.380 e. The maximum atomic E-state index is 11.2. The van der Waals surface area contributed by atoms with E-state index >= 15 is 0 Å². The molecule has 0 amide bonds. The number of hydrogen-bond acceptors (Lipinski definition) is 5. The minimum atomic E-state index is -2.78. The number of hydrogen-bond donors (Lipinski definition) is 1. The van der Waals surface area contributed by atoms with Crippen LogP contribution in [0.2, 0.25) is 0 Å². The Morgan fingerprint density at radius 1 is 1.20 bits per heavy atom. The van der Waals surface area contributed by atoms with E-state index in [4.69, 9.17) is 0 Å². The number of sulfone groups is 1. The summed E-state index contributed by atoms with van der Waals surface area (Å²) in [5.74, 6) is 0.552. The molecule has 1 aromatic rings. The monoisotopic (exact) mass is 227 g/mol. The van der Waals surface area contributed by atoms with Crippen molar-refractivity contribution in [2.45, 2.75) is 18.9 Å². The molecular formula is C9H13N3O2S. The van der Waals surface area contributed by atoms with Gasteiger partial charge >= 0.3 is 0 Å². The fourth-order valence-corrected chi connectivity index (χ4v) is 3.14. The van der Waals surface area contributed by atoms with Crippen molar-refractivity contribution in [3.05, 3.63) is 18.7 Å². The first-order chi connectivity index (χ1) is 7.16. The van der Waals surface area contributed by atoms with E-state index in [1.54, 1.807) is 12.4 Å². The van der Waals surface area contributed by atoms with Crippen molar-refractivity contribution in [1.82, 2.24) is 9.97 Å². The van der Waals surface area contributed by atoms with Gasteiger partial charge in [-0.05, 0) is 12.8 Å². The number of anilines is 1. The first-order valence-corrected chi connectivity index (χ1v) is 6.70. The molecule has 1 saturated heterocycles. The Bertz CT molecular complexity index is 404. The average molecular weight is 227 g/mol. The Morgan fingerprint density at radius 2 is 1.80 bits per heavy atom. The van der Waals surface area contributed by atoms with Crippen LogP contribution >= 0.6 is 0 Å². The summed E-state index contributed by atoms with van der Waals surface area (Å²) >= 11 is 0. The normalized spacial score (nSPS) is 21.1. The van der Waals surface area contributed by atoms with Crippen molar-refractivity contribution >= 4 is 15.5 Å². The van der Waals surface area contributed by atoms with Crippen molar-refractivity contribution in [1.29, 1.82) is 0 Å². The van der Waals surface area contributed by atoms with Crippen LogP contribution in [0.3, 0.4) is 0 Å². The van der Waals surface area contributed by atoms with E-state index in [2.05, 4.69) is 15.3 Å². The fourth-order valence-electron chi connectivity index (χ4n) is 1.64. The van der Waals surface area contributed by atoms with Crippen molar-refractivity contribution in [3.63, 3.8) is 0 Å². The number of nitrogens with zero attached hydrogens (tertiary/aromatic N) is 2. The second-order valence-corrected chi connectivity index (χ2v) is 6.00. The van der Waals surface area contributed by atoms with Crippen LogP contribution in [0, 0.1) is 0 Å². The van der Waals surface area contributed by atoms with E-state index in [1.807, 2.05) is 0 Å². The highest BCUT2D eigenvalue weighted by molar-refractivity contribution is 7.91. The van der Waals surface area contributed by atoms with Gasteiger partial charge in [0.1, 0.15) is 16.2 Å². The van der Waals surface area contributed by atoms with Crippen molar-refractivity contribution in [3.8, 4) is 0 Å². The van der Waals surface area contributed by atoms with E-state index in [0.717, 1.165) is 5.69 Å². The third-order valence-corrected chi connectivity index (χ3v) is 4.20. The topological polar surface area (TPSA) is 72.0 Å². The van der Waals surface area contributed by atoms with Crippen LogP contribution in [0.1, 0.15) is 12.8 Å². The molecule has 0 aliphatic carbocycles. The van der Waals surface area contributed by atoms with Crippen LogP contribution in [-0.2, 0) is 9.84 Å². The number of rotatable bonds is 2. The van der Waals surface area contributed by atoms with Crippen molar-refractivity contribution in [2.24, 2.45) is 0 Å². The molecule has 82 valence electrons. The molecule has 1 N–H and O–H groups in total. The van der Waals surface area contributed by atoms with Gasteiger partial charge < -0.3 is 5.32 Å². The lowest BCUT2D eigenvalue weighted by molar-refractivity contribution is 0.559. The summed E-state index contributed by atoms with van der Waals surface area (Å²) in [6, 6.07) is 0.222. The summed E-state index contributed by atoms with van der Waals surface area (Å²) in [5, 5.41) is 3.23. The lowest BCUT2D eigenvalue weighted by Crippen LogP contribution is -2.32. The Morgan fingerprint density at radius 3 is 2.40 bits per heavy atom. The predicted molar refractivity (Wildman–Crippen MR) is 57.3 cm³/mol. The van der Waals surface area contributed by atoms with E-state index in [9.17, 15) is 8.42 Å². The first-order valence-electron chi connectivity index (χ1n) is 4.88. The molecule has 1 fully saturated rings. The van der Waals surface area contributed by atoms with Gasteiger partial charge in [-0.1, -0.05) is 0 Å². The second-order valence-electron chi connectivity index (χ2n) is 3.70. The summed E-state index contributed by atoms with van der Waals surface area (Å²) in [6.07, 6.45) is 6.18. The van der Waals surface area contributed by atoms with Crippen LogP contribution in [-0.4, -0.2) is 35.9 Å². The molecule has 1 aliphatic rings. The third-order valence-electron chi connectivity index (χ3n) is 2.49. The molecule has 6 heteroatoms. The zero-order valence-electron chi connectivity index (χ0n) is 8.26. The smallest absolute Gasteiger partial charge is 0.150 e. The van der Waals surface area contributed by atoms with Gasteiger partial charge in [0.15, 0.2) is 0 Å². The molecule has 2 rings (SSSR count). The van der Waals surface area contributed by atoms with Gasteiger partial charge in [0.05, 0.1) is 29.6 Å². The Kier molecular flexibility index (Phi) is 2.86. The van der Waals surface area contributed by atoms with Crippen LogP contribution in [0.5, 0.6) is 0 Å².